The highest BCUT2D eigenvalue weighted by atomic mass is 16.5. The molecular formula is C14H14N2O5. The second kappa shape index (κ2) is 6.56. The summed E-state index contributed by atoms with van der Waals surface area (Å²) in [6.07, 6.45) is 2.61. The van der Waals surface area contributed by atoms with Crippen molar-refractivity contribution in [2.24, 2.45) is 0 Å². The number of carbonyl (C=O) groups is 1. The van der Waals surface area contributed by atoms with E-state index in [9.17, 15) is 4.79 Å². The number of hydrogen-bond acceptors (Lipinski definition) is 7. The average Bonchev–Trinajstić information content (AvgIpc) is 2.54. The van der Waals surface area contributed by atoms with Gasteiger partial charge in [0, 0.05) is 18.2 Å². The van der Waals surface area contributed by atoms with Crippen LogP contribution in [0.1, 0.15) is 10.5 Å². The molecule has 1 heterocycles. The molecule has 0 aliphatic carbocycles. The summed E-state index contributed by atoms with van der Waals surface area (Å²) in [5.41, 5.74) is 0.105. The first-order valence-corrected chi connectivity index (χ1v) is 5.97. The summed E-state index contributed by atoms with van der Waals surface area (Å²) in [4.78, 5) is 19.1. The SMILES string of the molecule is COC(=O)c1cnc(Oc2cc(OC)cc(OC)c2)cn1. The molecule has 0 spiro atoms. The van der Waals surface area contributed by atoms with Crippen molar-refractivity contribution in [3.63, 3.8) is 0 Å². The van der Waals surface area contributed by atoms with Crippen molar-refractivity contribution in [3.05, 3.63) is 36.3 Å². The first-order valence-electron chi connectivity index (χ1n) is 5.97. The highest BCUT2D eigenvalue weighted by molar-refractivity contribution is 5.86. The number of esters is 1. The average molecular weight is 290 g/mol. The molecule has 1 aromatic heterocycles. The summed E-state index contributed by atoms with van der Waals surface area (Å²) < 4.78 is 20.4. The van der Waals surface area contributed by atoms with Gasteiger partial charge < -0.3 is 18.9 Å². The molecule has 7 nitrogen and oxygen atoms in total. The van der Waals surface area contributed by atoms with Crippen LogP contribution in [0.25, 0.3) is 0 Å². The van der Waals surface area contributed by atoms with Crippen molar-refractivity contribution in [1.82, 2.24) is 9.97 Å². The minimum absolute atomic E-state index is 0.105. The van der Waals surface area contributed by atoms with Gasteiger partial charge in [-0.05, 0) is 0 Å². The van der Waals surface area contributed by atoms with Gasteiger partial charge in [0.25, 0.3) is 0 Å². The van der Waals surface area contributed by atoms with Crippen LogP contribution in [0.15, 0.2) is 30.6 Å². The van der Waals surface area contributed by atoms with Crippen molar-refractivity contribution < 1.29 is 23.7 Å². The molecule has 0 N–H and O–H groups in total. The quantitative estimate of drug-likeness (QED) is 0.780. The maximum absolute atomic E-state index is 11.3. The molecule has 0 aliphatic rings. The van der Waals surface area contributed by atoms with Crippen molar-refractivity contribution >= 4 is 5.97 Å². The Labute approximate surface area is 121 Å². The van der Waals surface area contributed by atoms with E-state index in [0.717, 1.165) is 0 Å². The van der Waals surface area contributed by atoms with E-state index < -0.39 is 5.97 Å². The first kappa shape index (κ1) is 14.6. The van der Waals surface area contributed by atoms with Crippen LogP contribution in [-0.4, -0.2) is 37.3 Å². The standard InChI is InChI=1S/C14H14N2O5/c1-18-9-4-10(19-2)6-11(5-9)21-13-8-15-12(7-16-13)14(17)20-3/h4-8H,1-3H3. The molecule has 110 valence electrons. The Morgan fingerprint density at radius 3 is 2.00 bits per heavy atom. The lowest BCUT2D eigenvalue weighted by atomic mass is 10.3. The maximum Gasteiger partial charge on any atom is 0.358 e. The molecule has 0 atom stereocenters. The van der Waals surface area contributed by atoms with Crippen molar-refractivity contribution in [3.8, 4) is 23.1 Å². The summed E-state index contributed by atoms with van der Waals surface area (Å²) in [6, 6.07) is 5.08. The Hall–Kier alpha value is -2.83. The van der Waals surface area contributed by atoms with E-state index in [4.69, 9.17) is 14.2 Å². The predicted molar refractivity (Wildman–Crippen MR) is 73.0 cm³/mol. The minimum Gasteiger partial charge on any atom is -0.496 e. The number of benzene rings is 1. The van der Waals surface area contributed by atoms with Crippen LogP contribution in [0.3, 0.4) is 0 Å². The van der Waals surface area contributed by atoms with Crippen LogP contribution in [0.5, 0.6) is 23.1 Å². The number of hydrogen-bond donors (Lipinski definition) is 0. The molecule has 0 unspecified atom stereocenters. The fraction of sp³-hybridized carbons (Fsp3) is 0.214. The number of carbonyl (C=O) groups excluding carboxylic acids is 1. The van der Waals surface area contributed by atoms with Crippen molar-refractivity contribution in [2.45, 2.75) is 0 Å². The molecule has 0 saturated carbocycles. The Kier molecular flexibility index (Phi) is 4.55. The van der Waals surface area contributed by atoms with Crippen molar-refractivity contribution in [1.29, 1.82) is 0 Å². The van der Waals surface area contributed by atoms with Crippen LogP contribution in [0.4, 0.5) is 0 Å². The molecule has 0 radical (unpaired) electrons. The molecule has 21 heavy (non-hydrogen) atoms. The van der Waals surface area contributed by atoms with E-state index in [1.54, 1.807) is 32.4 Å². The molecule has 2 rings (SSSR count). The third kappa shape index (κ3) is 3.59. The van der Waals surface area contributed by atoms with Gasteiger partial charge in [-0.3, -0.25) is 0 Å². The number of rotatable bonds is 5. The van der Waals surface area contributed by atoms with Gasteiger partial charge in [0.1, 0.15) is 17.2 Å². The second-order valence-electron chi connectivity index (χ2n) is 3.88. The molecule has 0 fully saturated rings. The maximum atomic E-state index is 11.3. The molecule has 0 aliphatic heterocycles. The van der Waals surface area contributed by atoms with Crippen molar-refractivity contribution in [2.75, 3.05) is 21.3 Å². The van der Waals surface area contributed by atoms with Gasteiger partial charge in [0.05, 0.1) is 33.7 Å². The highest BCUT2D eigenvalue weighted by Gasteiger charge is 2.09. The minimum atomic E-state index is -0.558. The Balaban J connectivity index is 2.19. The summed E-state index contributed by atoms with van der Waals surface area (Å²) in [5, 5.41) is 0. The normalized spacial score (nSPS) is 9.86. The Morgan fingerprint density at radius 2 is 1.52 bits per heavy atom. The molecule has 2 aromatic rings. The number of aromatic nitrogens is 2. The molecule has 1 aromatic carbocycles. The summed E-state index contributed by atoms with van der Waals surface area (Å²) in [7, 11) is 4.37. The van der Waals surface area contributed by atoms with Gasteiger partial charge in [-0.1, -0.05) is 0 Å². The molecule has 0 amide bonds. The van der Waals surface area contributed by atoms with Crippen LogP contribution < -0.4 is 14.2 Å². The van der Waals surface area contributed by atoms with Crippen LogP contribution in [-0.2, 0) is 4.74 Å². The van der Waals surface area contributed by atoms with Gasteiger partial charge >= 0.3 is 5.97 Å². The van der Waals surface area contributed by atoms with Crippen LogP contribution in [0, 0.1) is 0 Å². The van der Waals surface area contributed by atoms with E-state index in [0.29, 0.717) is 17.2 Å². The predicted octanol–water partition coefficient (Wildman–Crippen LogP) is 2.07. The lowest BCUT2D eigenvalue weighted by Crippen LogP contribution is -2.04. The van der Waals surface area contributed by atoms with E-state index in [1.807, 2.05) is 0 Å². The topological polar surface area (TPSA) is 79.8 Å². The number of nitrogens with zero attached hydrogens (tertiary/aromatic N) is 2. The Morgan fingerprint density at radius 1 is 0.905 bits per heavy atom. The summed E-state index contributed by atoms with van der Waals surface area (Å²) in [5.74, 6) is 1.33. The van der Waals surface area contributed by atoms with Gasteiger partial charge in [-0.25, -0.2) is 14.8 Å². The third-order valence-electron chi connectivity index (χ3n) is 2.57. The van der Waals surface area contributed by atoms with E-state index in [2.05, 4.69) is 14.7 Å². The second-order valence-corrected chi connectivity index (χ2v) is 3.88. The molecule has 0 bridgehead atoms. The van der Waals surface area contributed by atoms with E-state index in [1.165, 1.54) is 19.5 Å². The largest absolute Gasteiger partial charge is 0.496 e. The number of methoxy groups -OCH3 is 3. The fourth-order valence-corrected chi connectivity index (χ4v) is 1.54. The van der Waals surface area contributed by atoms with E-state index in [-0.39, 0.29) is 11.6 Å². The molecule has 0 saturated heterocycles. The van der Waals surface area contributed by atoms with Gasteiger partial charge in [-0.2, -0.15) is 0 Å². The zero-order valence-electron chi connectivity index (χ0n) is 11.8. The lowest BCUT2D eigenvalue weighted by Gasteiger charge is -2.09. The zero-order valence-corrected chi connectivity index (χ0v) is 11.8. The highest BCUT2D eigenvalue weighted by Crippen LogP contribution is 2.29. The van der Waals surface area contributed by atoms with Crippen LogP contribution >= 0.6 is 0 Å². The van der Waals surface area contributed by atoms with Gasteiger partial charge in [0.2, 0.25) is 5.88 Å². The van der Waals surface area contributed by atoms with E-state index >= 15 is 0 Å². The molecular weight excluding hydrogens is 276 g/mol. The first-order chi connectivity index (χ1) is 10.2. The number of ether oxygens (including phenoxy) is 4. The Bertz CT molecular complexity index is 606. The smallest absolute Gasteiger partial charge is 0.358 e. The summed E-state index contributed by atoms with van der Waals surface area (Å²) >= 11 is 0. The lowest BCUT2D eigenvalue weighted by molar-refractivity contribution is 0.0593. The fourth-order valence-electron chi connectivity index (χ4n) is 1.54. The zero-order chi connectivity index (χ0) is 15.2. The molecule has 7 heteroatoms. The van der Waals surface area contributed by atoms with Gasteiger partial charge in [0.15, 0.2) is 5.69 Å². The van der Waals surface area contributed by atoms with Crippen LogP contribution in [0.2, 0.25) is 0 Å². The monoisotopic (exact) mass is 290 g/mol. The summed E-state index contributed by atoms with van der Waals surface area (Å²) in [6.45, 7) is 0. The van der Waals surface area contributed by atoms with Gasteiger partial charge in [-0.15, -0.1) is 0 Å². The third-order valence-corrected chi connectivity index (χ3v) is 2.57.